The Kier molecular flexibility index (Phi) is 12.5. The van der Waals surface area contributed by atoms with Crippen LogP contribution >= 0.6 is 0 Å². The molecule has 0 saturated heterocycles. The van der Waals surface area contributed by atoms with Gasteiger partial charge in [0.15, 0.2) is 0 Å². The van der Waals surface area contributed by atoms with Crippen LogP contribution in [0.25, 0.3) is 0 Å². The molecule has 6 heteroatoms. The first-order valence-corrected chi connectivity index (χ1v) is 12.2. The van der Waals surface area contributed by atoms with Crippen LogP contribution in [0.2, 0.25) is 0 Å². The number of benzene rings is 2. The van der Waals surface area contributed by atoms with E-state index in [0.717, 1.165) is 53.5 Å². The predicted molar refractivity (Wildman–Crippen MR) is 135 cm³/mol. The van der Waals surface area contributed by atoms with Crippen molar-refractivity contribution in [3.8, 4) is 11.5 Å². The summed E-state index contributed by atoms with van der Waals surface area (Å²) in [6, 6.07) is 15.2. The summed E-state index contributed by atoms with van der Waals surface area (Å²) >= 11 is 0. The summed E-state index contributed by atoms with van der Waals surface area (Å²) in [5.74, 6) is 1.68. The molecule has 0 bridgehead atoms. The van der Waals surface area contributed by atoms with Crippen molar-refractivity contribution in [2.75, 3.05) is 47.5 Å². The Morgan fingerprint density at radius 3 is 1.67 bits per heavy atom. The minimum atomic E-state index is 0.277. The molecular formula is C27H42N3O3+. The quantitative estimate of drug-likeness (QED) is 0.164. The number of azo groups is 1. The second-order valence-electron chi connectivity index (χ2n) is 9.18. The molecule has 0 unspecified atom stereocenters. The largest absolute Gasteiger partial charge is 0.497 e. The maximum Gasteiger partial charge on any atom is 0.119 e. The highest BCUT2D eigenvalue weighted by Gasteiger charge is 2.12. The molecule has 2 rings (SSSR count). The second-order valence-corrected chi connectivity index (χ2v) is 9.18. The van der Waals surface area contributed by atoms with Crippen molar-refractivity contribution >= 4 is 11.4 Å². The molecule has 0 fully saturated rings. The van der Waals surface area contributed by atoms with Gasteiger partial charge in [-0.3, -0.25) is 0 Å². The van der Waals surface area contributed by atoms with E-state index in [0.29, 0.717) is 0 Å². The van der Waals surface area contributed by atoms with E-state index in [-0.39, 0.29) is 6.61 Å². The number of hydrogen-bond acceptors (Lipinski definition) is 5. The highest BCUT2D eigenvalue weighted by atomic mass is 16.5. The van der Waals surface area contributed by atoms with Crippen molar-refractivity contribution in [1.29, 1.82) is 0 Å². The number of aliphatic hydroxyl groups excluding tert-OH is 1. The Morgan fingerprint density at radius 1 is 0.667 bits per heavy atom. The molecule has 0 aliphatic rings. The molecule has 0 saturated carbocycles. The number of nitrogens with zero attached hydrogens (tertiary/aromatic N) is 3. The molecule has 0 aromatic heterocycles. The van der Waals surface area contributed by atoms with Crippen molar-refractivity contribution in [3.63, 3.8) is 0 Å². The fourth-order valence-electron chi connectivity index (χ4n) is 3.65. The van der Waals surface area contributed by atoms with E-state index in [1.807, 2.05) is 48.5 Å². The van der Waals surface area contributed by atoms with Gasteiger partial charge in [-0.2, -0.15) is 10.2 Å². The fraction of sp³-hybridized carbons (Fsp3) is 0.556. The number of unbranched alkanes of at least 4 members (excludes halogenated alkanes) is 7. The van der Waals surface area contributed by atoms with E-state index in [1.165, 1.54) is 44.9 Å². The number of likely N-dealkylation sites (N-methyl/N-ethyl adjacent to an activating group) is 1. The zero-order valence-electron chi connectivity index (χ0n) is 20.7. The number of ether oxygens (including phenoxy) is 2. The van der Waals surface area contributed by atoms with Gasteiger partial charge >= 0.3 is 0 Å². The van der Waals surface area contributed by atoms with E-state index < -0.39 is 0 Å². The van der Waals surface area contributed by atoms with Crippen LogP contribution < -0.4 is 9.47 Å². The van der Waals surface area contributed by atoms with Crippen molar-refractivity contribution in [2.45, 2.75) is 51.4 Å². The van der Waals surface area contributed by atoms with Crippen LogP contribution in [0.1, 0.15) is 51.4 Å². The molecule has 33 heavy (non-hydrogen) atoms. The molecule has 2 aromatic carbocycles. The zero-order valence-corrected chi connectivity index (χ0v) is 20.7. The minimum absolute atomic E-state index is 0.277. The molecule has 1 N–H and O–H groups in total. The summed E-state index contributed by atoms with van der Waals surface area (Å²) in [5, 5.41) is 17.6. The van der Waals surface area contributed by atoms with Crippen LogP contribution in [0.4, 0.5) is 11.4 Å². The highest BCUT2D eigenvalue weighted by molar-refractivity contribution is 5.44. The summed E-state index contributed by atoms with van der Waals surface area (Å²) in [6.45, 7) is 3.04. The molecule has 0 heterocycles. The molecule has 0 amide bonds. The van der Waals surface area contributed by atoms with Gasteiger partial charge in [0.05, 0.1) is 52.3 Å². The van der Waals surface area contributed by atoms with Gasteiger partial charge in [-0.15, -0.1) is 0 Å². The monoisotopic (exact) mass is 456 g/mol. The van der Waals surface area contributed by atoms with E-state index >= 15 is 0 Å². The number of hydrogen-bond donors (Lipinski definition) is 1. The van der Waals surface area contributed by atoms with Crippen molar-refractivity contribution in [3.05, 3.63) is 48.5 Å². The van der Waals surface area contributed by atoms with Gasteiger partial charge in [0.1, 0.15) is 18.0 Å². The van der Waals surface area contributed by atoms with Crippen LogP contribution in [0.15, 0.2) is 58.8 Å². The van der Waals surface area contributed by atoms with Gasteiger partial charge < -0.3 is 19.1 Å². The van der Waals surface area contributed by atoms with Gasteiger partial charge in [-0.1, -0.05) is 32.1 Å². The topological polar surface area (TPSA) is 63.4 Å². The molecule has 182 valence electrons. The number of quaternary nitrogens is 1. The molecule has 0 atom stereocenters. The Labute approximate surface area is 199 Å². The normalized spacial score (nSPS) is 11.8. The Balaban J connectivity index is 1.50. The lowest BCUT2D eigenvalue weighted by Crippen LogP contribution is -2.42. The second kappa shape index (κ2) is 15.4. The van der Waals surface area contributed by atoms with Crippen LogP contribution in [-0.4, -0.2) is 57.1 Å². The van der Waals surface area contributed by atoms with Crippen LogP contribution in [0.5, 0.6) is 11.5 Å². The molecule has 6 nitrogen and oxygen atoms in total. The number of rotatable bonds is 17. The fourth-order valence-corrected chi connectivity index (χ4v) is 3.65. The van der Waals surface area contributed by atoms with Crippen molar-refractivity contribution < 1.29 is 19.1 Å². The van der Waals surface area contributed by atoms with E-state index in [9.17, 15) is 0 Å². The van der Waals surface area contributed by atoms with Gasteiger partial charge in [0.2, 0.25) is 0 Å². The van der Waals surface area contributed by atoms with Crippen molar-refractivity contribution in [1.82, 2.24) is 0 Å². The molecule has 2 aromatic rings. The lowest BCUT2D eigenvalue weighted by Gasteiger charge is -2.28. The first-order valence-electron chi connectivity index (χ1n) is 12.2. The zero-order chi connectivity index (χ0) is 23.8. The lowest BCUT2D eigenvalue weighted by atomic mass is 10.1. The third kappa shape index (κ3) is 11.8. The predicted octanol–water partition coefficient (Wildman–Crippen LogP) is 6.68. The summed E-state index contributed by atoms with van der Waals surface area (Å²) in [5.41, 5.74) is 1.59. The minimum Gasteiger partial charge on any atom is -0.497 e. The summed E-state index contributed by atoms with van der Waals surface area (Å²) in [6.07, 6.45) is 10.1. The third-order valence-electron chi connectivity index (χ3n) is 5.82. The molecule has 0 aliphatic carbocycles. The summed E-state index contributed by atoms with van der Waals surface area (Å²) in [7, 11) is 6.04. The van der Waals surface area contributed by atoms with Crippen LogP contribution in [-0.2, 0) is 0 Å². The average molecular weight is 457 g/mol. The third-order valence-corrected chi connectivity index (χ3v) is 5.82. The molecule has 0 spiro atoms. The standard InChI is InChI=1S/C27H42N3O3/c1-30(2,21-22-31)20-10-8-6-4-5-7-9-11-23-33-27-18-14-25(15-19-27)29-28-24-12-16-26(32-3)17-13-24/h12-19,31H,4-11,20-23H2,1-3H3/q+1. The van der Waals surface area contributed by atoms with E-state index in [2.05, 4.69) is 24.3 Å². The summed E-state index contributed by atoms with van der Waals surface area (Å²) < 4.78 is 11.9. The molecule has 0 radical (unpaired) electrons. The maximum absolute atomic E-state index is 9.07. The van der Waals surface area contributed by atoms with Gasteiger partial charge in [-0.05, 0) is 67.8 Å². The summed E-state index contributed by atoms with van der Waals surface area (Å²) in [4.78, 5) is 0. The van der Waals surface area contributed by atoms with Crippen LogP contribution in [0.3, 0.4) is 0 Å². The van der Waals surface area contributed by atoms with Gasteiger partial charge in [0.25, 0.3) is 0 Å². The average Bonchev–Trinajstić information content (AvgIpc) is 2.82. The highest BCUT2D eigenvalue weighted by Crippen LogP contribution is 2.23. The number of aliphatic hydroxyl groups is 1. The molecular weight excluding hydrogens is 414 g/mol. The number of methoxy groups -OCH3 is 1. The maximum atomic E-state index is 9.07. The first-order chi connectivity index (χ1) is 16.0. The van der Waals surface area contributed by atoms with Gasteiger partial charge in [0, 0.05) is 0 Å². The Hall–Kier alpha value is -2.44. The SMILES string of the molecule is COc1ccc(N=Nc2ccc(OCCCCCCCCCC[N+](C)(C)CCO)cc2)cc1. The van der Waals surface area contributed by atoms with E-state index in [1.54, 1.807) is 7.11 Å². The van der Waals surface area contributed by atoms with Crippen molar-refractivity contribution in [2.24, 2.45) is 10.2 Å². The van der Waals surface area contributed by atoms with Crippen LogP contribution in [0, 0.1) is 0 Å². The Morgan fingerprint density at radius 2 is 1.15 bits per heavy atom. The van der Waals surface area contributed by atoms with E-state index in [4.69, 9.17) is 14.6 Å². The lowest BCUT2D eigenvalue weighted by molar-refractivity contribution is -0.890. The first kappa shape index (κ1) is 26.8. The smallest absolute Gasteiger partial charge is 0.119 e. The molecule has 0 aliphatic heterocycles. The Bertz CT molecular complexity index is 789. The van der Waals surface area contributed by atoms with Gasteiger partial charge in [-0.25, -0.2) is 0 Å².